The number of ether oxygens (including phenoxy) is 1. The summed E-state index contributed by atoms with van der Waals surface area (Å²) in [5.41, 5.74) is 1.87. The fourth-order valence-electron chi connectivity index (χ4n) is 1.63. The molecule has 0 atom stereocenters. The van der Waals surface area contributed by atoms with Gasteiger partial charge in [0.1, 0.15) is 0 Å². The number of methoxy groups -OCH3 is 1. The van der Waals surface area contributed by atoms with Crippen molar-refractivity contribution in [3.63, 3.8) is 0 Å². The molecule has 2 aromatic rings. The zero-order chi connectivity index (χ0) is 16.3. The Hall–Kier alpha value is -2.21. The van der Waals surface area contributed by atoms with Gasteiger partial charge < -0.3 is 10.1 Å². The van der Waals surface area contributed by atoms with E-state index in [-0.39, 0.29) is 5.91 Å². The Labute approximate surface area is 133 Å². The molecule has 1 N–H and O–H groups in total. The highest BCUT2D eigenvalue weighted by Crippen LogP contribution is 2.24. The molecule has 1 aromatic heterocycles. The van der Waals surface area contributed by atoms with Crippen LogP contribution < -0.4 is 5.32 Å². The summed E-state index contributed by atoms with van der Waals surface area (Å²) in [4.78, 5) is 27.6. The number of hydrogen-bond acceptors (Lipinski definition) is 5. The van der Waals surface area contributed by atoms with Crippen LogP contribution in [0.15, 0.2) is 29.6 Å². The third-order valence-corrected chi connectivity index (χ3v) is 3.81. The van der Waals surface area contributed by atoms with Gasteiger partial charge >= 0.3 is 5.97 Å². The molecule has 1 heterocycles. The first-order valence-corrected chi connectivity index (χ1v) is 7.65. The number of thiazole rings is 1. The van der Waals surface area contributed by atoms with Crippen molar-refractivity contribution in [3.05, 3.63) is 34.7 Å². The van der Waals surface area contributed by atoms with Gasteiger partial charge in [0.15, 0.2) is 0 Å². The minimum Gasteiger partial charge on any atom is -0.464 e. The van der Waals surface area contributed by atoms with Crippen molar-refractivity contribution in [3.8, 4) is 11.3 Å². The van der Waals surface area contributed by atoms with Gasteiger partial charge in [0.25, 0.3) is 0 Å². The minimum atomic E-state index is -0.441. The number of hydrogen-bond donors (Lipinski definition) is 1. The van der Waals surface area contributed by atoms with E-state index in [4.69, 9.17) is 0 Å². The number of carbonyl (C=O) groups excluding carboxylic acids is 2. The first-order chi connectivity index (χ1) is 10.3. The number of nitrogens with zero attached hydrogens (tertiary/aromatic N) is 1. The van der Waals surface area contributed by atoms with Crippen LogP contribution in [0.2, 0.25) is 0 Å². The van der Waals surface area contributed by atoms with Gasteiger partial charge in [-0.2, -0.15) is 0 Å². The fraction of sp³-hybridized carbons (Fsp3) is 0.312. The molecule has 0 unspecified atom stereocenters. The maximum absolute atomic E-state index is 11.9. The average molecular weight is 318 g/mol. The van der Waals surface area contributed by atoms with E-state index in [0.29, 0.717) is 10.7 Å². The summed E-state index contributed by atoms with van der Waals surface area (Å²) in [6.45, 7) is 5.58. The second-order valence-corrected chi connectivity index (χ2v) is 6.67. The quantitative estimate of drug-likeness (QED) is 0.878. The normalized spacial score (nSPS) is 11.1. The maximum Gasteiger partial charge on any atom is 0.367 e. The summed E-state index contributed by atoms with van der Waals surface area (Å²) in [5.74, 6) is -0.479. The summed E-state index contributed by atoms with van der Waals surface area (Å²) >= 11 is 1.24. The van der Waals surface area contributed by atoms with Gasteiger partial charge in [0.2, 0.25) is 10.9 Å². The molecule has 0 radical (unpaired) electrons. The zero-order valence-electron chi connectivity index (χ0n) is 13.0. The van der Waals surface area contributed by atoms with Crippen LogP contribution in [0.1, 0.15) is 30.6 Å². The van der Waals surface area contributed by atoms with E-state index in [0.717, 1.165) is 11.3 Å². The number of aromatic nitrogens is 1. The molecule has 0 saturated carbocycles. The van der Waals surface area contributed by atoms with Gasteiger partial charge in [-0.15, -0.1) is 11.3 Å². The van der Waals surface area contributed by atoms with Crippen LogP contribution in [0.25, 0.3) is 11.3 Å². The molecule has 0 saturated heterocycles. The fourth-order valence-corrected chi connectivity index (χ4v) is 2.37. The molecule has 22 heavy (non-hydrogen) atoms. The van der Waals surface area contributed by atoms with E-state index in [2.05, 4.69) is 15.0 Å². The molecule has 0 bridgehead atoms. The average Bonchev–Trinajstić information content (AvgIpc) is 2.96. The van der Waals surface area contributed by atoms with E-state index in [1.54, 1.807) is 5.38 Å². The number of anilines is 1. The van der Waals surface area contributed by atoms with E-state index in [9.17, 15) is 9.59 Å². The molecule has 5 nitrogen and oxygen atoms in total. The molecule has 116 valence electrons. The number of nitrogens with one attached hydrogen (secondary N) is 1. The molecule has 0 aliphatic rings. The number of carbonyl (C=O) groups is 2. The van der Waals surface area contributed by atoms with Crippen molar-refractivity contribution < 1.29 is 14.3 Å². The van der Waals surface area contributed by atoms with Crippen LogP contribution in [-0.4, -0.2) is 24.0 Å². The SMILES string of the molecule is COC(=O)c1nc(-c2ccc(NC(=O)C(C)(C)C)cc2)cs1. The highest BCUT2D eigenvalue weighted by atomic mass is 32.1. The van der Waals surface area contributed by atoms with Gasteiger partial charge in [0, 0.05) is 22.0 Å². The van der Waals surface area contributed by atoms with Crippen LogP contribution in [-0.2, 0) is 9.53 Å². The Morgan fingerprint density at radius 2 is 1.82 bits per heavy atom. The molecular weight excluding hydrogens is 300 g/mol. The lowest BCUT2D eigenvalue weighted by Crippen LogP contribution is -2.27. The van der Waals surface area contributed by atoms with Crippen molar-refractivity contribution in [2.24, 2.45) is 5.41 Å². The van der Waals surface area contributed by atoms with Gasteiger partial charge in [-0.1, -0.05) is 32.9 Å². The monoisotopic (exact) mass is 318 g/mol. The molecule has 2 rings (SSSR count). The number of rotatable bonds is 3. The van der Waals surface area contributed by atoms with E-state index >= 15 is 0 Å². The molecule has 0 spiro atoms. The van der Waals surface area contributed by atoms with Gasteiger partial charge in [0.05, 0.1) is 12.8 Å². The van der Waals surface area contributed by atoms with Crippen LogP contribution in [0.3, 0.4) is 0 Å². The third kappa shape index (κ3) is 3.71. The van der Waals surface area contributed by atoms with E-state index < -0.39 is 11.4 Å². The maximum atomic E-state index is 11.9. The van der Waals surface area contributed by atoms with Gasteiger partial charge in [-0.3, -0.25) is 4.79 Å². The lowest BCUT2D eigenvalue weighted by atomic mass is 9.95. The van der Waals surface area contributed by atoms with Crippen LogP contribution in [0.5, 0.6) is 0 Å². The predicted octanol–water partition coefficient (Wildman–Crippen LogP) is 3.58. The Morgan fingerprint density at radius 3 is 2.36 bits per heavy atom. The first kappa shape index (κ1) is 16.2. The Bertz CT molecular complexity index is 684. The second kappa shape index (κ2) is 6.27. The lowest BCUT2D eigenvalue weighted by Gasteiger charge is -2.17. The van der Waals surface area contributed by atoms with Crippen molar-refractivity contribution in [2.45, 2.75) is 20.8 Å². The largest absolute Gasteiger partial charge is 0.464 e. The molecule has 0 aliphatic carbocycles. The highest BCUT2D eigenvalue weighted by molar-refractivity contribution is 7.11. The Morgan fingerprint density at radius 1 is 1.18 bits per heavy atom. The first-order valence-electron chi connectivity index (χ1n) is 6.77. The van der Waals surface area contributed by atoms with Crippen molar-refractivity contribution in [1.82, 2.24) is 4.98 Å². The van der Waals surface area contributed by atoms with Gasteiger partial charge in [-0.05, 0) is 12.1 Å². The van der Waals surface area contributed by atoms with Crippen LogP contribution in [0, 0.1) is 5.41 Å². The number of amides is 1. The summed E-state index contributed by atoms with van der Waals surface area (Å²) < 4.78 is 4.64. The van der Waals surface area contributed by atoms with E-state index in [1.165, 1.54) is 18.4 Å². The topological polar surface area (TPSA) is 68.3 Å². The van der Waals surface area contributed by atoms with Crippen molar-refractivity contribution >= 4 is 28.9 Å². The summed E-state index contributed by atoms with van der Waals surface area (Å²) in [6, 6.07) is 7.34. The van der Waals surface area contributed by atoms with E-state index in [1.807, 2.05) is 45.0 Å². The second-order valence-electron chi connectivity index (χ2n) is 5.81. The standard InChI is InChI=1S/C16H18N2O3S/c1-16(2,3)15(20)17-11-7-5-10(6-8-11)12-9-22-13(18-12)14(19)21-4/h5-9H,1-4H3,(H,17,20). The zero-order valence-corrected chi connectivity index (χ0v) is 13.8. The summed E-state index contributed by atoms with van der Waals surface area (Å²) in [6.07, 6.45) is 0. The van der Waals surface area contributed by atoms with Crippen LogP contribution >= 0.6 is 11.3 Å². The van der Waals surface area contributed by atoms with Gasteiger partial charge in [-0.25, -0.2) is 9.78 Å². The number of esters is 1. The molecule has 0 fully saturated rings. The molecule has 1 aromatic carbocycles. The molecular formula is C16H18N2O3S. The number of benzene rings is 1. The summed E-state index contributed by atoms with van der Waals surface area (Å²) in [7, 11) is 1.33. The molecule has 0 aliphatic heterocycles. The highest BCUT2D eigenvalue weighted by Gasteiger charge is 2.21. The third-order valence-electron chi connectivity index (χ3n) is 2.98. The predicted molar refractivity (Wildman–Crippen MR) is 87.0 cm³/mol. The van der Waals surface area contributed by atoms with Crippen LogP contribution in [0.4, 0.5) is 5.69 Å². The summed E-state index contributed by atoms with van der Waals surface area (Å²) in [5, 5.41) is 4.98. The lowest BCUT2D eigenvalue weighted by molar-refractivity contribution is -0.123. The molecule has 6 heteroatoms. The van der Waals surface area contributed by atoms with Crippen molar-refractivity contribution in [2.75, 3.05) is 12.4 Å². The smallest absolute Gasteiger partial charge is 0.367 e. The Balaban J connectivity index is 2.14. The van der Waals surface area contributed by atoms with Crippen molar-refractivity contribution in [1.29, 1.82) is 0 Å². The minimum absolute atomic E-state index is 0.0399. The Kier molecular flexibility index (Phi) is 4.61. The molecule has 1 amide bonds.